The molecule has 3 unspecified atom stereocenters. The molecule has 0 aromatic heterocycles. The summed E-state index contributed by atoms with van der Waals surface area (Å²) in [5.74, 6) is -5.36. The van der Waals surface area contributed by atoms with Gasteiger partial charge in [0.15, 0.2) is 0 Å². The van der Waals surface area contributed by atoms with Crippen LogP contribution < -0.4 is 5.32 Å². The third kappa shape index (κ3) is 2.63. The number of benzene rings is 1. The Hall–Kier alpha value is -3.16. The first-order valence-electron chi connectivity index (χ1n) is 8.18. The Morgan fingerprint density at radius 1 is 1.23 bits per heavy atom. The van der Waals surface area contributed by atoms with Gasteiger partial charge in [-0.05, 0) is 12.5 Å². The summed E-state index contributed by atoms with van der Waals surface area (Å²) in [6.07, 6.45) is 0. The molecule has 3 rings (SSSR count). The number of hydrogen-bond acceptors (Lipinski definition) is 6. The van der Waals surface area contributed by atoms with E-state index in [4.69, 9.17) is 4.74 Å². The monoisotopic (exact) mass is 358 g/mol. The van der Waals surface area contributed by atoms with Crippen molar-refractivity contribution >= 4 is 23.7 Å². The lowest BCUT2D eigenvalue weighted by atomic mass is 9.83. The zero-order valence-electron chi connectivity index (χ0n) is 14.3. The van der Waals surface area contributed by atoms with Crippen LogP contribution in [0.5, 0.6) is 0 Å². The summed E-state index contributed by atoms with van der Waals surface area (Å²) in [6, 6.07) is 7.60. The molecule has 26 heavy (non-hydrogen) atoms. The normalized spacial score (nSPS) is 24.7. The number of rotatable bonds is 4. The van der Waals surface area contributed by atoms with Crippen molar-refractivity contribution in [2.75, 3.05) is 6.61 Å². The quantitative estimate of drug-likeness (QED) is 0.463. The number of esters is 1. The highest BCUT2D eigenvalue weighted by atomic mass is 16.5. The number of carbonyl (C=O) groups is 4. The lowest BCUT2D eigenvalue weighted by Crippen LogP contribution is -2.38. The third-order valence-electron chi connectivity index (χ3n) is 4.48. The molecule has 0 saturated carbocycles. The summed E-state index contributed by atoms with van der Waals surface area (Å²) in [7, 11) is 0. The van der Waals surface area contributed by atoms with E-state index in [1.165, 1.54) is 6.92 Å². The van der Waals surface area contributed by atoms with Gasteiger partial charge in [0.2, 0.25) is 11.8 Å². The van der Waals surface area contributed by atoms with Gasteiger partial charge in [0.05, 0.1) is 6.61 Å². The van der Waals surface area contributed by atoms with E-state index in [1.54, 1.807) is 37.3 Å². The van der Waals surface area contributed by atoms with Crippen molar-refractivity contribution in [1.82, 2.24) is 10.2 Å². The second-order valence-corrected chi connectivity index (χ2v) is 6.07. The van der Waals surface area contributed by atoms with E-state index >= 15 is 0 Å². The Balaban J connectivity index is 2.11. The van der Waals surface area contributed by atoms with Gasteiger partial charge in [0.25, 0.3) is 5.91 Å². The molecule has 1 saturated heterocycles. The van der Waals surface area contributed by atoms with Crippen molar-refractivity contribution in [1.29, 1.82) is 0 Å². The summed E-state index contributed by atoms with van der Waals surface area (Å²) >= 11 is 0. The fourth-order valence-electron chi connectivity index (χ4n) is 3.50. The van der Waals surface area contributed by atoms with Crippen LogP contribution in [0.4, 0.5) is 0 Å². The number of amides is 3. The van der Waals surface area contributed by atoms with Gasteiger partial charge in [-0.3, -0.25) is 24.1 Å². The van der Waals surface area contributed by atoms with Crippen LogP contribution in [0.1, 0.15) is 25.3 Å². The summed E-state index contributed by atoms with van der Waals surface area (Å²) in [4.78, 5) is 49.9. The molecular weight excluding hydrogens is 340 g/mol. The summed E-state index contributed by atoms with van der Waals surface area (Å²) in [5, 5.41) is 12.8. The lowest BCUT2D eigenvalue weighted by molar-refractivity contribution is -0.153. The number of hydrogen-bond donors (Lipinski definition) is 2. The van der Waals surface area contributed by atoms with Crippen molar-refractivity contribution < 1.29 is 29.0 Å². The molecule has 1 fully saturated rings. The van der Waals surface area contributed by atoms with Crippen molar-refractivity contribution in [2.24, 2.45) is 5.92 Å². The minimum Gasteiger partial charge on any atom is -0.508 e. The molecule has 0 spiro atoms. The van der Waals surface area contributed by atoms with E-state index in [0.717, 1.165) is 4.90 Å². The van der Waals surface area contributed by atoms with E-state index < -0.39 is 47.3 Å². The van der Waals surface area contributed by atoms with Gasteiger partial charge >= 0.3 is 5.97 Å². The number of aliphatic hydroxyl groups excluding tert-OH is 1. The fourth-order valence-corrected chi connectivity index (χ4v) is 3.50. The summed E-state index contributed by atoms with van der Waals surface area (Å²) < 4.78 is 5.01. The van der Waals surface area contributed by atoms with Crippen LogP contribution in [0.3, 0.4) is 0 Å². The van der Waals surface area contributed by atoms with E-state index in [-0.39, 0.29) is 12.3 Å². The molecule has 3 amide bonds. The largest absolute Gasteiger partial charge is 0.508 e. The third-order valence-corrected chi connectivity index (χ3v) is 4.48. The highest BCUT2D eigenvalue weighted by Crippen LogP contribution is 2.46. The van der Waals surface area contributed by atoms with Crippen molar-refractivity contribution in [2.45, 2.75) is 25.8 Å². The standard InChI is InChI=1S/C18H18N2O6/c1-3-26-18(25)12-11(10-7-5-4-6-8-10)14-15(22)13(19-9(2)21)17(24)20(14)16(12)23/h4-8,11-12,14,22H,3H2,1-2H3,(H,19,21). The zero-order chi connectivity index (χ0) is 19.0. The maximum absolute atomic E-state index is 12.8. The first-order chi connectivity index (χ1) is 12.4. The van der Waals surface area contributed by atoms with Gasteiger partial charge in [-0.15, -0.1) is 0 Å². The molecule has 1 aromatic carbocycles. The van der Waals surface area contributed by atoms with Crippen LogP contribution in [0.15, 0.2) is 41.8 Å². The van der Waals surface area contributed by atoms with E-state index in [0.29, 0.717) is 5.56 Å². The summed E-state index contributed by atoms with van der Waals surface area (Å²) in [5.41, 5.74) is 0.272. The molecule has 3 atom stereocenters. The molecule has 2 heterocycles. The number of ether oxygens (including phenoxy) is 1. The molecule has 8 nitrogen and oxygen atoms in total. The average molecular weight is 358 g/mol. The van der Waals surface area contributed by atoms with Crippen molar-refractivity contribution in [3.05, 3.63) is 47.4 Å². The molecule has 0 radical (unpaired) electrons. The van der Waals surface area contributed by atoms with Gasteiger partial charge in [-0.2, -0.15) is 0 Å². The molecule has 2 aliphatic rings. The first-order valence-corrected chi connectivity index (χ1v) is 8.18. The molecule has 2 N–H and O–H groups in total. The summed E-state index contributed by atoms with van der Waals surface area (Å²) in [6.45, 7) is 2.89. The van der Waals surface area contributed by atoms with Crippen LogP contribution in [0, 0.1) is 5.92 Å². The molecule has 136 valence electrons. The highest BCUT2D eigenvalue weighted by molar-refractivity contribution is 6.15. The fraction of sp³-hybridized carbons (Fsp3) is 0.333. The minimum absolute atomic E-state index is 0.0850. The van der Waals surface area contributed by atoms with E-state index in [2.05, 4.69) is 5.32 Å². The van der Waals surface area contributed by atoms with Gasteiger partial charge in [0, 0.05) is 12.8 Å². The molecule has 8 heteroatoms. The number of fused-ring (bicyclic) bond motifs is 1. The topological polar surface area (TPSA) is 113 Å². The molecular formula is C18H18N2O6. The Labute approximate surface area is 149 Å². The molecule has 0 bridgehead atoms. The molecule has 2 aliphatic heterocycles. The number of imide groups is 1. The number of nitrogens with zero attached hydrogens (tertiary/aromatic N) is 1. The Morgan fingerprint density at radius 3 is 2.46 bits per heavy atom. The highest BCUT2D eigenvalue weighted by Gasteiger charge is 2.60. The van der Waals surface area contributed by atoms with Crippen LogP contribution in [0.2, 0.25) is 0 Å². The maximum atomic E-state index is 12.8. The van der Waals surface area contributed by atoms with Crippen LogP contribution in [0.25, 0.3) is 0 Å². The number of aliphatic hydroxyl groups is 1. The first kappa shape index (κ1) is 17.7. The Bertz CT molecular complexity index is 816. The SMILES string of the molecule is CCOC(=O)C1C(=O)N2C(=O)C(NC(C)=O)=C(O)C2C1c1ccccc1. The second kappa shape index (κ2) is 6.62. The Morgan fingerprint density at radius 2 is 1.88 bits per heavy atom. The number of nitrogens with one attached hydrogen (secondary N) is 1. The van der Waals surface area contributed by atoms with Gasteiger partial charge in [0.1, 0.15) is 23.4 Å². The maximum Gasteiger partial charge on any atom is 0.319 e. The van der Waals surface area contributed by atoms with Gasteiger partial charge < -0.3 is 15.2 Å². The second-order valence-electron chi connectivity index (χ2n) is 6.07. The zero-order valence-corrected chi connectivity index (χ0v) is 14.3. The number of carbonyl (C=O) groups excluding carboxylic acids is 4. The molecule has 0 aliphatic carbocycles. The van der Waals surface area contributed by atoms with Crippen molar-refractivity contribution in [3.8, 4) is 0 Å². The van der Waals surface area contributed by atoms with Crippen LogP contribution in [-0.2, 0) is 23.9 Å². The predicted molar refractivity (Wildman–Crippen MR) is 88.4 cm³/mol. The Kier molecular flexibility index (Phi) is 4.50. The van der Waals surface area contributed by atoms with Crippen LogP contribution in [-0.4, -0.2) is 46.3 Å². The smallest absolute Gasteiger partial charge is 0.319 e. The van der Waals surface area contributed by atoms with Gasteiger partial charge in [-0.25, -0.2) is 0 Å². The average Bonchev–Trinajstić information content (AvgIpc) is 3.04. The van der Waals surface area contributed by atoms with E-state index in [9.17, 15) is 24.3 Å². The molecule has 1 aromatic rings. The van der Waals surface area contributed by atoms with E-state index in [1.807, 2.05) is 0 Å². The van der Waals surface area contributed by atoms with Crippen LogP contribution >= 0.6 is 0 Å². The van der Waals surface area contributed by atoms with Crippen molar-refractivity contribution in [3.63, 3.8) is 0 Å². The lowest BCUT2D eigenvalue weighted by Gasteiger charge is -2.21. The minimum atomic E-state index is -1.24. The predicted octanol–water partition coefficient (Wildman–Crippen LogP) is 0.606. The van der Waals surface area contributed by atoms with Gasteiger partial charge in [-0.1, -0.05) is 30.3 Å².